The van der Waals surface area contributed by atoms with E-state index in [9.17, 15) is 5.11 Å². The van der Waals surface area contributed by atoms with Crippen LogP contribution in [0.1, 0.15) is 25.8 Å². The molecule has 1 aromatic rings. The molecule has 0 fully saturated rings. The van der Waals surface area contributed by atoms with E-state index in [2.05, 4.69) is 11.0 Å². The van der Waals surface area contributed by atoms with Crippen LogP contribution in [0, 0.1) is 0 Å². The monoisotopic (exact) mass is 220 g/mol. The van der Waals surface area contributed by atoms with E-state index in [1.807, 2.05) is 26.0 Å². The summed E-state index contributed by atoms with van der Waals surface area (Å²) in [6.45, 7) is 5.60. The van der Waals surface area contributed by atoms with E-state index in [4.69, 9.17) is 5.73 Å². The summed E-state index contributed by atoms with van der Waals surface area (Å²) >= 11 is 0. The number of hydrogen-bond donors (Lipinski definition) is 2. The molecule has 3 nitrogen and oxygen atoms in total. The zero-order valence-electron chi connectivity index (χ0n) is 10.0. The highest BCUT2D eigenvalue weighted by molar-refractivity contribution is 5.68. The van der Waals surface area contributed by atoms with Gasteiger partial charge in [0.1, 0.15) is 0 Å². The van der Waals surface area contributed by atoms with Gasteiger partial charge in [-0.2, -0.15) is 0 Å². The molecule has 0 atom stereocenters. The maximum absolute atomic E-state index is 9.73. The van der Waals surface area contributed by atoms with Crippen LogP contribution in [0.2, 0.25) is 0 Å². The molecular weight excluding hydrogens is 200 g/mol. The van der Waals surface area contributed by atoms with E-state index in [-0.39, 0.29) is 0 Å². The first kappa shape index (κ1) is 11.3. The third-order valence-corrected chi connectivity index (χ3v) is 3.15. The third kappa shape index (κ3) is 2.30. The van der Waals surface area contributed by atoms with Gasteiger partial charge < -0.3 is 15.7 Å². The SMILES string of the molecule is CC(C)(O)CCN1CCc2c(N)cccc21. The van der Waals surface area contributed by atoms with Crippen molar-refractivity contribution in [1.29, 1.82) is 0 Å². The van der Waals surface area contributed by atoms with Gasteiger partial charge in [0.25, 0.3) is 0 Å². The van der Waals surface area contributed by atoms with Crippen molar-refractivity contribution in [3.8, 4) is 0 Å². The molecule has 88 valence electrons. The Morgan fingerprint density at radius 1 is 1.44 bits per heavy atom. The predicted octanol–water partition coefficient (Wildman–Crippen LogP) is 1.79. The topological polar surface area (TPSA) is 49.5 Å². The summed E-state index contributed by atoms with van der Waals surface area (Å²) in [6, 6.07) is 6.07. The molecule has 1 aliphatic heterocycles. The van der Waals surface area contributed by atoms with Gasteiger partial charge in [-0.15, -0.1) is 0 Å². The van der Waals surface area contributed by atoms with E-state index >= 15 is 0 Å². The summed E-state index contributed by atoms with van der Waals surface area (Å²) in [5, 5.41) is 9.73. The summed E-state index contributed by atoms with van der Waals surface area (Å²) in [5.74, 6) is 0. The summed E-state index contributed by atoms with van der Waals surface area (Å²) < 4.78 is 0. The second-order valence-corrected chi connectivity index (χ2v) is 5.14. The number of aliphatic hydroxyl groups is 1. The fourth-order valence-electron chi connectivity index (χ4n) is 2.17. The molecule has 0 amide bonds. The Balaban J connectivity index is 2.09. The molecule has 0 saturated heterocycles. The van der Waals surface area contributed by atoms with Gasteiger partial charge in [0.15, 0.2) is 0 Å². The number of anilines is 2. The van der Waals surface area contributed by atoms with Crippen LogP contribution >= 0.6 is 0 Å². The van der Waals surface area contributed by atoms with Crippen LogP contribution in [0.25, 0.3) is 0 Å². The lowest BCUT2D eigenvalue weighted by molar-refractivity contribution is 0.0732. The van der Waals surface area contributed by atoms with Gasteiger partial charge in [-0.3, -0.25) is 0 Å². The van der Waals surface area contributed by atoms with E-state index in [1.54, 1.807) is 0 Å². The first-order valence-electron chi connectivity index (χ1n) is 5.82. The largest absolute Gasteiger partial charge is 0.398 e. The van der Waals surface area contributed by atoms with Crippen molar-refractivity contribution in [1.82, 2.24) is 0 Å². The Bertz CT molecular complexity index is 382. The maximum atomic E-state index is 9.73. The highest BCUT2D eigenvalue weighted by Crippen LogP contribution is 2.32. The van der Waals surface area contributed by atoms with Gasteiger partial charge in [-0.1, -0.05) is 6.07 Å². The van der Waals surface area contributed by atoms with Gasteiger partial charge in [-0.05, 0) is 38.8 Å². The van der Waals surface area contributed by atoms with E-state index < -0.39 is 5.60 Å². The minimum atomic E-state index is -0.594. The molecule has 0 spiro atoms. The molecule has 3 N–H and O–H groups in total. The quantitative estimate of drug-likeness (QED) is 0.764. The number of nitrogens with two attached hydrogens (primary N) is 1. The maximum Gasteiger partial charge on any atom is 0.0608 e. The zero-order valence-corrected chi connectivity index (χ0v) is 10.0. The van der Waals surface area contributed by atoms with Crippen molar-refractivity contribution in [2.75, 3.05) is 23.7 Å². The Morgan fingerprint density at radius 2 is 2.19 bits per heavy atom. The standard InChI is InChI=1S/C13H20N2O/c1-13(2,16)7-9-15-8-6-10-11(14)4-3-5-12(10)15/h3-5,16H,6-9,14H2,1-2H3. The molecule has 1 aromatic carbocycles. The molecule has 0 unspecified atom stereocenters. The van der Waals surface area contributed by atoms with Gasteiger partial charge in [0.05, 0.1) is 5.60 Å². The molecular formula is C13H20N2O. The number of fused-ring (bicyclic) bond motifs is 1. The number of benzene rings is 1. The second-order valence-electron chi connectivity index (χ2n) is 5.14. The minimum Gasteiger partial charge on any atom is -0.398 e. The smallest absolute Gasteiger partial charge is 0.0608 e. The van der Waals surface area contributed by atoms with Crippen LogP contribution in [0.5, 0.6) is 0 Å². The van der Waals surface area contributed by atoms with Gasteiger partial charge >= 0.3 is 0 Å². The lowest BCUT2D eigenvalue weighted by Crippen LogP contribution is -2.29. The van der Waals surface area contributed by atoms with Crippen LogP contribution in [0.3, 0.4) is 0 Å². The highest BCUT2D eigenvalue weighted by atomic mass is 16.3. The molecule has 16 heavy (non-hydrogen) atoms. The first-order chi connectivity index (χ1) is 7.47. The number of rotatable bonds is 3. The predicted molar refractivity (Wildman–Crippen MR) is 67.7 cm³/mol. The van der Waals surface area contributed by atoms with Crippen LogP contribution < -0.4 is 10.6 Å². The zero-order chi connectivity index (χ0) is 11.8. The molecule has 0 bridgehead atoms. The molecule has 0 aliphatic carbocycles. The third-order valence-electron chi connectivity index (χ3n) is 3.15. The van der Waals surface area contributed by atoms with Crippen molar-refractivity contribution >= 4 is 11.4 Å². The number of nitrogen functional groups attached to an aromatic ring is 1. The number of hydrogen-bond acceptors (Lipinski definition) is 3. The highest BCUT2D eigenvalue weighted by Gasteiger charge is 2.22. The first-order valence-corrected chi connectivity index (χ1v) is 5.82. The van der Waals surface area contributed by atoms with Gasteiger partial charge in [0, 0.05) is 30.0 Å². The number of nitrogens with zero attached hydrogens (tertiary/aromatic N) is 1. The second kappa shape index (κ2) is 3.98. The van der Waals surface area contributed by atoms with Crippen LogP contribution in [-0.2, 0) is 6.42 Å². The van der Waals surface area contributed by atoms with Gasteiger partial charge in [-0.25, -0.2) is 0 Å². The Kier molecular flexibility index (Phi) is 2.80. The fraction of sp³-hybridized carbons (Fsp3) is 0.538. The van der Waals surface area contributed by atoms with E-state index in [0.717, 1.165) is 31.6 Å². The Morgan fingerprint density at radius 3 is 2.88 bits per heavy atom. The molecule has 0 radical (unpaired) electrons. The van der Waals surface area contributed by atoms with Crippen LogP contribution in [0.15, 0.2) is 18.2 Å². The molecule has 0 aromatic heterocycles. The molecule has 2 rings (SSSR count). The molecule has 1 heterocycles. The van der Waals surface area contributed by atoms with Crippen molar-refractivity contribution in [3.63, 3.8) is 0 Å². The van der Waals surface area contributed by atoms with Crippen molar-refractivity contribution in [2.24, 2.45) is 0 Å². The summed E-state index contributed by atoms with van der Waals surface area (Å²) in [7, 11) is 0. The lowest BCUT2D eigenvalue weighted by atomic mass is 10.1. The van der Waals surface area contributed by atoms with Crippen LogP contribution in [-0.4, -0.2) is 23.8 Å². The van der Waals surface area contributed by atoms with Crippen molar-refractivity contribution < 1.29 is 5.11 Å². The van der Waals surface area contributed by atoms with Crippen molar-refractivity contribution in [2.45, 2.75) is 32.3 Å². The normalized spacial score (nSPS) is 15.3. The average molecular weight is 220 g/mol. The Labute approximate surface area is 96.9 Å². The van der Waals surface area contributed by atoms with Crippen LogP contribution in [0.4, 0.5) is 11.4 Å². The van der Waals surface area contributed by atoms with Gasteiger partial charge in [0.2, 0.25) is 0 Å². The average Bonchev–Trinajstić information content (AvgIpc) is 2.58. The molecule has 3 heteroatoms. The molecule has 1 aliphatic rings. The van der Waals surface area contributed by atoms with Crippen molar-refractivity contribution in [3.05, 3.63) is 23.8 Å². The summed E-state index contributed by atoms with van der Waals surface area (Å²) in [4.78, 5) is 2.31. The van der Waals surface area contributed by atoms with E-state index in [0.29, 0.717) is 0 Å². The lowest BCUT2D eigenvalue weighted by Gasteiger charge is -2.24. The Hall–Kier alpha value is -1.22. The summed E-state index contributed by atoms with van der Waals surface area (Å²) in [5.41, 5.74) is 8.74. The molecule has 0 saturated carbocycles. The van der Waals surface area contributed by atoms with E-state index in [1.165, 1.54) is 11.3 Å². The minimum absolute atomic E-state index is 0.594. The summed E-state index contributed by atoms with van der Waals surface area (Å²) in [6.07, 6.45) is 1.80. The fourth-order valence-corrected chi connectivity index (χ4v) is 2.17.